The summed E-state index contributed by atoms with van der Waals surface area (Å²) in [6.07, 6.45) is 1.54. The van der Waals surface area contributed by atoms with Gasteiger partial charge in [-0.2, -0.15) is 0 Å². The lowest BCUT2D eigenvalue weighted by atomic mass is 9.98. The third-order valence-corrected chi connectivity index (χ3v) is 5.92. The smallest absolute Gasteiger partial charge is 0.264 e. The Morgan fingerprint density at radius 3 is 2.42 bits per heavy atom. The van der Waals surface area contributed by atoms with Crippen LogP contribution in [0, 0.1) is 5.82 Å². The fraction of sp³-hybridized carbons (Fsp3) is 0.167. The first-order chi connectivity index (χ1) is 12.2. The second-order valence-corrected chi connectivity index (χ2v) is 8.37. The first-order valence-corrected chi connectivity index (χ1v) is 9.51. The zero-order valence-electron chi connectivity index (χ0n) is 14.1. The fourth-order valence-corrected chi connectivity index (χ4v) is 4.34. The van der Waals surface area contributed by atoms with Crippen LogP contribution >= 0.6 is 11.6 Å². The van der Waals surface area contributed by atoms with Gasteiger partial charge >= 0.3 is 0 Å². The van der Waals surface area contributed by atoms with Crippen molar-refractivity contribution in [3.8, 4) is 0 Å². The second-order valence-electron chi connectivity index (χ2n) is 6.07. The molecule has 3 rings (SSSR count). The summed E-state index contributed by atoms with van der Waals surface area (Å²) in [4.78, 5) is 14.3. The van der Waals surface area contributed by atoms with Gasteiger partial charge in [-0.25, -0.2) is 12.8 Å². The van der Waals surface area contributed by atoms with Crippen LogP contribution in [0.2, 0.25) is 5.02 Å². The van der Waals surface area contributed by atoms with Gasteiger partial charge < -0.3 is 4.90 Å². The standard InChI is InChI=1S/C18H16ClFN2O3S/c1-21(2)10-12-11-22(17-8-5-14(20)9-16(17)18(12)23)26(24,25)15-6-3-13(19)4-7-15/h3-10H,11H2,1-2H3. The van der Waals surface area contributed by atoms with Crippen molar-refractivity contribution in [3.05, 3.63) is 70.6 Å². The highest BCUT2D eigenvalue weighted by Crippen LogP contribution is 2.34. The number of rotatable bonds is 3. The van der Waals surface area contributed by atoms with Gasteiger partial charge in [0.05, 0.1) is 17.1 Å². The Morgan fingerprint density at radius 1 is 1.15 bits per heavy atom. The molecular weight excluding hydrogens is 379 g/mol. The van der Waals surface area contributed by atoms with Gasteiger partial charge in [0.1, 0.15) is 5.82 Å². The molecule has 1 aliphatic rings. The molecule has 0 N–H and O–H groups in total. The van der Waals surface area contributed by atoms with Crippen LogP contribution in [0.4, 0.5) is 10.1 Å². The average Bonchev–Trinajstić information content (AvgIpc) is 2.57. The lowest BCUT2D eigenvalue weighted by Crippen LogP contribution is -2.39. The highest BCUT2D eigenvalue weighted by Gasteiger charge is 2.35. The summed E-state index contributed by atoms with van der Waals surface area (Å²) in [7, 11) is -0.513. The van der Waals surface area contributed by atoms with E-state index in [1.165, 1.54) is 30.3 Å². The molecule has 0 atom stereocenters. The number of nitrogens with zero attached hydrogens (tertiary/aromatic N) is 2. The Bertz CT molecular complexity index is 1000. The van der Waals surface area contributed by atoms with Crippen LogP contribution in [0.25, 0.3) is 0 Å². The minimum absolute atomic E-state index is 0.0156. The van der Waals surface area contributed by atoms with Crippen LogP contribution in [0.5, 0.6) is 0 Å². The maximum absolute atomic E-state index is 13.7. The van der Waals surface area contributed by atoms with Crippen LogP contribution in [-0.4, -0.2) is 39.7 Å². The Labute approximate surface area is 156 Å². The summed E-state index contributed by atoms with van der Waals surface area (Å²) in [5.74, 6) is -0.997. The van der Waals surface area contributed by atoms with Gasteiger partial charge in [-0.05, 0) is 42.5 Å². The van der Waals surface area contributed by atoms with E-state index in [2.05, 4.69) is 0 Å². The average molecular weight is 395 g/mol. The van der Waals surface area contributed by atoms with Gasteiger partial charge in [-0.3, -0.25) is 9.10 Å². The summed E-state index contributed by atoms with van der Waals surface area (Å²) in [5.41, 5.74) is 0.426. The van der Waals surface area contributed by atoms with Gasteiger partial charge in [-0.1, -0.05) is 11.6 Å². The molecule has 2 aromatic rings. The van der Waals surface area contributed by atoms with Gasteiger partial charge in [0, 0.05) is 36.5 Å². The lowest BCUT2D eigenvalue weighted by Gasteiger charge is -2.31. The third kappa shape index (κ3) is 3.32. The van der Waals surface area contributed by atoms with Crippen LogP contribution < -0.4 is 4.31 Å². The molecule has 5 nitrogen and oxygen atoms in total. The molecule has 0 aliphatic carbocycles. The summed E-state index contributed by atoms with van der Waals surface area (Å²) >= 11 is 5.84. The number of carbonyl (C=O) groups is 1. The molecule has 0 saturated carbocycles. The van der Waals surface area contributed by atoms with Crippen LogP contribution in [0.15, 0.2) is 59.1 Å². The van der Waals surface area contributed by atoms with E-state index in [1.807, 2.05) is 0 Å². The number of benzene rings is 2. The maximum Gasteiger partial charge on any atom is 0.264 e. The van der Waals surface area contributed by atoms with Gasteiger partial charge in [0.25, 0.3) is 10.0 Å². The summed E-state index contributed by atoms with van der Waals surface area (Å²) in [6.45, 7) is -0.138. The largest absolute Gasteiger partial charge is 0.383 e. The molecular formula is C18H16ClFN2O3S. The maximum atomic E-state index is 13.7. The van der Waals surface area contributed by atoms with E-state index in [0.717, 1.165) is 16.4 Å². The fourth-order valence-electron chi connectivity index (χ4n) is 2.75. The van der Waals surface area contributed by atoms with Gasteiger partial charge in [-0.15, -0.1) is 0 Å². The molecule has 2 aromatic carbocycles. The number of carbonyl (C=O) groups excluding carboxylic acids is 1. The number of halogens is 2. The van der Waals surface area contributed by atoms with Crippen molar-refractivity contribution in [2.45, 2.75) is 4.90 Å². The third-order valence-electron chi connectivity index (χ3n) is 3.89. The molecule has 8 heteroatoms. The topological polar surface area (TPSA) is 57.7 Å². The number of hydrogen-bond donors (Lipinski definition) is 0. The van der Waals surface area contributed by atoms with E-state index in [4.69, 9.17) is 11.6 Å². The first-order valence-electron chi connectivity index (χ1n) is 7.70. The zero-order chi connectivity index (χ0) is 19.1. The van der Waals surface area contributed by atoms with E-state index < -0.39 is 21.6 Å². The van der Waals surface area contributed by atoms with Crippen molar-refractivity contribution >= 4 is 33.1 Å². The predicted octanol–water partition coefficient (Wildman–Crippen LogP) is 3.32. The monoisotopic (exact) mass is 394 g/mol. The molecule has 0 saturated heterocycles. The van der Waals surface area contributed by atoms with Crippen molar-refractivity contribution in [2.75, 3.05) is 24.9 Å². The molecule has 1 heterocycles. The van der Waals surface area contributed by atoms with Gasteiger partial charge in [0.2, 0.25) is 0 Å². The Hall–Kier alpha value is -2.38. The minimum atomic E-state index is -3.96. The minimum Gasteiger partial charge on any atom is -0.383 e. The molecule has 1 aliphatic heterocycles. The number of Topliss-reactive ketones (excluding diaryl/α,β-unsaturated/α-hetero) is 1. The summed E-state index contributed by atoms with van der Waals surface area (Å²) in [5, 5.41) is 0.411. The number of hydrogen-bond acceptors (Lipinski definition) is 4. The van der Waals surface area contributed by atoms with Crippen LogP contribution in [0.3, 0.4) is 0 Å². The van der Waals surface area contributed by atoms with Crippen molar-refractivity contribution in [1.29, 1.82) is 0 Å². The normalized spacial score (nSPS) is 15.9. The summed E-state index contributed by atoms with van der Waals surface area (Å²) in [6, 6.07) is 9.25. The van der Waals surface area contributed by atoms with Crippen LogP contribution in [-0.2, 0) is 10.0 Å². The number of fused-ring (bicyclic) bond motifs is 1. The lowest BCUT2D eigenvalue weighted by molar-refractivity contribution is 0.102. The molecule has 0 fully saturated rings. The van der Waals surface area contributed by atoms with Crippen molar-refractivity contribution in [3.63, 3.8) is 0 Å². The Kier molecular flexibility index (Phi) is 4.77. The van der Waals surface area contributed by atoms with E-state index in [1.54, 1.807) is 25.2 Å². The molecule has 0 spiro atoms. The highest BCUT2D eigenvalue weighted by atomic mass is 35.5. The summed E-state index contributed by atoms with van der Waals surface area (Å²) < 4.78 is 41.0. The second kappa shape index (κ2) is 6.74. The number of ketones is 1. The van der Waals surface area contributed by atoms with Crippen LogP contribution in [0.1, 0.15) is 10.4 Å². The quantitative estimate of drug-likeness (QED) is 0.749. The van der Waals surface area contributed by atoms with Gasteiger partial charge in [0.15, 0.2) is 5.78 Å². The van der Waals surface area contributed by atoms with E-state index >= 15 is 0 Å². The van der Waals surface area contributed by atoms with E-state index in [0.29, 0.717) is 5.02 Å². The Balaban J connectivity index is 2.18. The SMILES string of the molecule is CN(C)C=C1CN(S(=O)(=O)c2ccc(Cl)cc2)c2ccc(F)cc2C1=O. The number of sulfonamides is 1. The van der Waals surface area contributed by atoms with Crippen molar-refractivity contribution in [1.82, 2.24) is 4.90 Å². The highest BCUT2D eigenvalue weighted by molar-refractivity contribution is 7.92. The predicted molar refractivity (Wildman–Crippen MR) is 98.5 cm³/mol. The molecule has 26 heavy (non-hydrogen) atoms. The van der Waals surface area contributed by atoms with E-state index in [9.17, 15) is 17.6 Å². The molecule has 0 amide bonds. The Morgan fingerprint density at radius 2 is 1.81 bits per heavy atom. The molecule has 136 valence electrons. The first kappa shape index (κ1) is 18.4. The molecule has 0 aromatic heterocycles. The molecule has 0 radical (unpaired) electrons. The van der Waals surface area contributed by atoms with Crippen molar-refractivity contribution in [2.24, 2.45) is 0 Å². The zero-order valence-corrected chi connectivity index (χ0v) is 15.7. The van der Waals surface area contributed by atoms with Crippen molar-refractivity contribution < 1.29 is 17.6 Å². The number of anilines is 1. The van der Waals surface area contributed by atoms with E-state index in [-0.39, 0.29) is 28.3 Å². The molecule has 0 unspecified atom stereocenters. The molecule has 0 bridgehead atoms.